The van der Waals surface area contributed by atoms with Crippen molar-refractivity contribution in [3.63, 3.8) is 0 Å². The number of likely N-dealkylation sites (N-methyl/N-ethyl adjacent to an activating group) is 1. The molecular formula is C12H15NO4. The molecular weight excluding hydrogens is 222 g/mol. The van der Waals surface area contributed by atoms with Crippen molar-refractivity contribution in [3.8, 4) is 11.5 Å². The Hall–Kier alpha value is -1.75. The minimum Gasteiger partial charge on any atom is -0.486 e. The first kappa shape index (κ1) is 11.7. The standard InChI is InChI=1S/C12H15NO4/c1-13(8-11(14)15)7-9-3-2-4-10-12(9)17-6-5-16-10/h2-4H,5-8H2,1H3,(H,14,15). The fourth-order valence-electron chi connectivity index (χ4n) is 1.84. The summed E-state index contributed by atoms with van der Waals surface area (Å²) < 4.78 is 11.0. The molecule has 2 rings (SSSR count). The van der Waals surface area contributed by atoms with Gasteiger partial charge in [-0.25, -0.2) is 0 Å². The van der Waals surface area contributed by atoms with Crippen molar-refractivity contribution in [2.75, 3.05) is 26.8 Å². The van der Waals surface area contributed by atoms with E-state index in [1.54, 1.807) is 11.9 Å². The molecule has 0 fully saturated rings. The quantitative estimate of drug-likeness (QED) is 0.845. The molecule has 5 heteroatoms. The highest BCUT2D eigenvalue weighted by molar-refractivity contribution is 5.69. The molecule has 1 aromatic rings. The second-order valence-electron chi connectivity index (χ2n) is 4.01. The van der Waals surface area contributed by atoms with Crippen LogP contribution in [0.2, 0.25) is 0 Å². The molecule has 1 aromatic carbocycles. The molecule has 0 saturated carbocycles. The Bertz CT molecular complexity index is 419. The number of carboxylic acids is 1. The van der Waals surface area contributed by atoms with Crippen molar-refractivity contribution in [2.24, 2.45) is 0 Å². The topological polar surface area (TPSA) is 59.0 Å². The number of fused-ring (bicyclic) bond motifs is 1. The van der Waals surface area contributed by atoms with E-state index in [1.165, 1.54) is 0 Å². The van der Waals surface area contributed by atoms with Crippen molar-refractivity contribution in [1.29, 1.82) is 0 Å². The molecule has 1 heterocycles. The molecule has 5 nitrogen and oxygen atoms in total. The highest BCUT2D eigenvalue weighted by Crippen LogP contribution is 2.33. The van der Waals surface area contributed by atoms with Crippen molar-refractivity contribution in [1.82, 2.24) is 4.90 Å². The van der Waals surface area contributed by atoms with Crippen molar-refractivity contribution in [2.45, 2.75) is 6.54 Å². The van der Waals surface area contributed by atoms with Crippen LogP contribution in [0.1, 0.15) is 5.56 Å². The van der Waals surface area contributed by atoms with Crippen LogP contribution in [-0.2, 0) is 11.3 Å². The maximum atomic E-state index is 10.6. The van der Waals surface area contributed by atoms with Crippen LogP contribution in [0.5, 0.6) is 11.5 Å². The number of para-hydroxylation sites is 1. The molecule has 1 aliphatic heterocycles. The summed E-state index contributed by atoms with van der Waals surface area (Å²) in [6.07, 6.45) is 0. The molecule has 92 valence electrons. The highest BCUT2D eigenvalue weighted by atomic mass is 16.6. The Balaban J connectivity index is 2.13. The lowest BCUT2D eigenvalue weighted by molar-refractivity contribution is -0.138. The third-order valence-corrected chi connectivity index (χ3v) is 2.49. The van der Waals surface area contributed by atoms with Crippen LogP contribution in [0.25, 0.3) is 0 Å². The smallest absolute Gasteiger partial charge is 0.317 e. The number of benzene rings is 1. The summed E-state index contributed by atoms with van der Waals surface area (Å²) in [5, 5.41) is 8.70. The molecule has 0 atom stereocenters. The van der Waals surface area contributed by atoms with E-state index in [9.17, 15) is 4.79 Å². The Morgan fingerprint density at radius 2 is 2.18 bits per heavy atom. The van der Waals surface area contributed by atoms with Gasteiger partial charge in [0.2, 0.25) is 0 Å². The van der Waals surface area contributed by atoms with Gasteiger partial charge >= 0.3 is 5.97 Å². The van der Waals surface area contributed by atoms with E-state index in [-0.39, 0.29) is 6.54 Å². The van der Waals surface area contributed by atoms with E-state index >= 15 is 0 Å². The fraction of sp³-hybridized carbons (Fsp3) is 0.417. The monoisotopic (exact) mass is 237 g/mol. The summed E-state index contributed by atoms with van der Waals surface area (Å²) in [5.41, 5.74) is 0.950. The van der Waals surface area contributed by atoms with Crippen molar-refractivity contribution in [3.05, 3.63) is 23.8 Å². The Labute approximate surface area is 99.6 Å². The lowest BCUT2D eigenvalue weighted by Crippen LogP contribution is -2.26. The summed E-state index contributed by atoms with van der Waals surface area (Å²) in [4.78, 5) is 12.3. The SMILES string of the molecule is CN(CC(=O)O)Cc1cccc2c1OCCO2. The molecule has 17 heavy (non-hydrogen) atoms. The van der Waals surface area contributed by atoms with Crippen LogP contribution in [-0.4, -0.2) is 42.8 Å². The van der Waals surface area contributed by atoms with Gasteiger partial charge in [-0.05, 0) is 13.1 Å². The Morgan fingerprint density at radius 1 is 1.41 bits per heavy atom. The number of ether oxygens (including phenoxy) is 2. The van der Waals surface area contributed by atoms with Gasteiger partial charge in [0.05, 0.1) is 6.54 Å². The average molecular weight is 237 g/mol. The third kappa shape index (κ3) is 2.88. The molecule has 0 aromatic heterocycles. The molecule has 0 saturated heterocycles. The normalized spacial score (nSPS) is 13.8. The number of carbonyl (C=O) groups is 1. The van der Waals surface area contributed by atoms with Gasteiger partial charge < -0.3 is 14.6 Å². The summed E-state index contributed by atoms with van der Waals surface area (Å²) in [7, 11) is 1.76. The summed E-state index contributed by atoms with van der Waals surface area (Å²) >= 11 is 0. The number of nitrogens with zero attached hydrogens (tertiary/aromatic N) is 1. The average Bonchev–Trinajstić information content (AvgIpc) is 2.28. The van der Waals surface area contributed by atoms with Gasteiger partial charge in [0.15, 0.2) is 11.5 Å². The van der Waals surface area contributed by atoms with Gasteiger partial charge in [0.1, 0.15) is 13.2 Å². The molecule has 0 amide bonds. The second-order valence-corrected chi connectivity index (χ2v) is 4.01. The molecule has 1 aliphatic rings. The van der Waals surface area contributed by atoms with Crippen molar-refractivity contribution >= 4 is 5.97 Å². The Morgan fingerprint density at radius 3 is 2.94 bits per heavy atom. The summed E-state index contributed by atoms with van der Waals surface area (Å²) in [6.45, 7) is 1.62. The highest BCUT2D eigenvalue weighted by Gasteiger charge is 2.16. The first-order valence-electron chi connectivity index (χ1n) is 5.44. The Kier molecular flexibility index (Phi) is 3.49. The van der Waals surface area contributed by atoms with Gasteiger partial charge in [-0.15, -0.1) is 0 Å². The number of hydrogen-bond donors (Lipinski definition) is 1. The summed E-state index contributed by atoms with van der Waals surface area (Å²) in [5.74, 6) is 0.628. The lowest BCUT2D eigenvalue weighted by atomic mass is 10.1. The zero-order valence-electron chi connectivity index (χ0n) is 9.68. The van der Waals surface area contributed by atoms with Crippen LogP contribution in [0.4, 0.5) is 0 Å². The molecule has 0 aliphatic carbocycles. The van der Waals surface area contributed by atoms with Crippen molar-refractivity contribution < 1.29 is 19.4 Å². The zero-order valence-corrected chi connectivity index (χ0v) is 9.68. The fourth-order valence-corrected chi connectivity index (χ4v) is 1.84. The van der Waals surface area contributed by atoms with Gasteiger partial charge in [-0.1, -0.05) is 12.1 Å². The minimum absolute atomic E-state index is 0.00449. The van der Waals surface area contributed by atoms with Crippen LogP contribution in [0.3, 0.4) is 0 Å². The van der Waals surface area contributed by atoms with Gasteiger partial charge in [0, 0.05) is 12.1 Å². The number of rotatable bonds is 4. The first-order chi connectivity index (χ1) is 8.16. The van der Waals surface area contributed by atoms with Crippen LogP contribution in [0, 0.1) is 0 Å². The number of carboxylic acid groups (broad SMARTS) is 1. The molecule has 0 spiro atoms. The summed E-state index contributed by atoms with van der Waals surface area (Å²) in [6, 6.07) is 5.67. The first-order valence-corrected chi connectivity index (χ1v) is 5.44. The van der Waals surface area contributed by atoms with Crippen LogP contribution in [0.15, 0.2) is 18.2 Å². The minimum atomic E-state index is -0.838. The largest absolute Gasteiger partial charge is 0.486 e. The second kappa shape index (κ2) is 5.05. The van der Waals surface area contributed by atoms with E-state index in [1.807, 2.05) is 18.2 Å². The van der Waals surface area contributed by atoms with Gasteiger partial charge in [0.25, 0.3) is 0 Å². The van der Waals surface area contributed by atoms with E-state index in [0.29, 0.717) is 19.8 Å². The zero-order chi connectivity index (χ0) is 12.3. The molecule has 0 unspecified atom stereocenters. The van der Waals surface area contributed by atoms with E-state index in [4.69, 9.17) is 14.6 Å². The maximum Gasteiger partial charge on any atom is 0.317 e. The molecule has 0 radical (unpaired) electrons. The predicted octanol–water partition coefficient (Wildman–Crippen LogP) is 0.974. The predicted molar refractivity (Wildman–Crippen MR) is 61.4 cm³/mol. The van der Waals surface area contributed by atoms with Crippen LogP contribution < -0.4 is 9.47 Å². The van der Waals surface area contributed by atoms with Gasteiger partial charge in [-0.3, -0.25) is 9.69 Å². The lowest BCUT2D eigenvalue weighted by Gasteiger charge is -2.23. The van der Waals surface area contributed by atoms with E-state index in [0.717, 1.165) is 17.1 Å². The maximum absolute atomic E-state index is 10.6. The van der Waals surface area contributed by atoms with E-state index in [2.05, 4.69) is 0 Å². The van der Waals surface area contributed by atoms with Crippen LogP contribution >= 0.6 is 0 Å². The van der Waals surface area contributed by atoms with E-state index < -0.39 is 5.97 Å². The molecule has 1 N–H and O–H groups in total. The molecule has 0 bridgehead atoms. The third-order valence-electron chi connectivity index (χ3n) is 2.49. The van der Waals surface area contributed by atoms with Gasteiger partial charge in [-0.2, -0.15) is 0 Å². The number of aliphatic carboxylic acids is 1. The number of hydrogen-bond acceptors (Lipinski definition) is 4.